The molecule has 2 aromatic rings. The van der Waals surface area contributed by atoms with E-state index in [9.17, 15) is 18.3 Å². The van der Waals surface area contributed by atoms with Gasteiger partial charge in [0.2, 0.25) is 10.0 Å². The molecule has 224 valence electrons. The molecule has 10 nitrogen and oxygen atoms in total. The molecule has 3 aliphatic rings. The first-order chi connectivity index (χ1) is 19.7. The number of para-hydroxylation sites is 2. The Morgan fingerprint density at radius 3 is 2.61 bits per heavy atom. The summed E-state index contributed by atoms with van der Waals surface area (Å²) in [6, 6.07) is 12.6. The van der Waals surface area contributed by atoms with Crippen LogP contribution in [0.1, 0.15) is 50.0 Å². The molecule has 2 heterocycles. The van der Waals surface area contributed by atoms with Crippen LogP contribution in [0, 0.1) is 5.41 Å². The second-order valence-corrected chi connectivity index (χ2v) is 13.5. The van der Waals surface area contributed by atoms with Crippen molar-refractivity contribution in [3.05, 3.63) is 48.0 Å². The van der Waals surface area contributed by atoms with E-state index < -0.39 is 16.1 Å². The highest BCUT2D eigenvalue weighted by atomic mass is 32.2. The summed E-state index contributed by atoms with van der Waals surface area (Å²) >= 11 is 0. The van der Waals surface area contributed by atoms with Crippen LogP contribution < -0.4 is 19.5 Å². The second kappa shape index (κ2) is 12.6. The van der Waals surface area contributed by atoms with Crippen LogP contribution in [-0.4, -0.2) is 88.9 Å². The third kappa shape index (κ3) is 6.97. The van der Waals surface area contributed by atoms with Gasteiger partial charge >= 0.3 is 6.03 Å². The molecule has 0 bridgehead atoms. The minimum absolute atomic E-state index is 0.0829. The predicted octanol–water partition coefficient (Wildman–Crippen LogP) is 3.63. The summed E-state index contributed by atoms with van der Waals surface area (Å²) in [5, 5.41) is 13.6. The van der Waals surface area contributed by atoms with Crippen LogP contribution in [0.5, 0.6) is 11.5 Å². The molecular weight excluding hydrogens is 544 g/mol. The number of nitrogens with one attached hydrogen (secondary N) is 2. The number of β-amino-alcohol motifs (C(OH)–C–C–N with tert-alkyl or cyclic N) is 1. The number of piperidine rings is 1. The van der Waals surface area contributed by atoms with Crippen molar-refractivity contribution in [2.24, 2.45) is 5.41 Å². The van der Waals surface area contributed by atoms with Crippen molar-refractivity contribution in [1.82, 2.24) is 14.5 Å². The normalized spacial score (nSPS) is 23.6. The van der Waals surface area contributed by atoms with Crippen LogP contribution in [-0.2, 0) is 10.0 Å². The number of ether oxygens (including phenoxy) is 2. The van der Waals surface area contributed by atoms with Gasteiger partial charge < -0.3 is 29.7 Å². The van der Waals surface area contributed by atoms with Crippen LogP contribution in [0.4, 0.5) is 10.5 Å². The Balaban J connectivity index is 1.37. The minimum atomic E-state index is -3.88. The number of rotatable bonds is 3. The summed E-state index contributed by atoms with van der Waals surface area (Å²) < 4.78 is 40.9. The smallest absolute Gasteiger partial charge is 0.321 e. The van der Waals surface area contributed by atoms with Crippen LogP contribution in [0.15, 0.2) is 47.4 Å². The Morgan fingerprint density at radius 1 is 1.15 bits per heavy atom. The number of likely N-dealkylation sites (N-methyl/N-ethyl adjacent to an activating group) is 1. The van der Waals surface area contributed by atoms with Crippen molar-refractivity contribution < 1.29 is 27.8 Å². The number of nitrogens with zero attached hydrogens (tertiary/aromatic N) is 2. The largest absolute Gasteiger partial charge is 0.495 e. The van der Waals surface area contributed by atoms with E-state index in [4.69, 9.17) is 9.47 Å². The van der Waals surface area contributed by atoms with Gasteiger partial charge in [-0.15, -0.1) is 0 Å². The molecule has 2 aromatic carbocycles. The zero-order chi connectivity index (χ0) is 29.0. The summed E-state index contributed by atoms with van der Waals surface area (Å²) in [4.78, 5) is 17.1. The van der Waals surface area contributed by atoms with Gasteiger partial charge in [-0.2, -0.15) is 0 Å². The van der Waals surface area contributed by atoms with E-state index in [-0.39, 0.29) is 22.9 Å². The number of benzene rings is 2. The Bertz CT molecular complexity index is 1320. The molecule has 1 aliphatic carbocycles. The lowest BCUT2D eigenvalue weighted by Gasteiger charge is -2.44. The van der Waals surface area contributed by atoms with Gasteiger partial charge in [-0.1, -0.05) is 31.0 Å². The fourth-order valence-corrected chi connectivity index (χ4v) is 7.62. The van der Waals surface area contributed by atoms with Crippen LogP contribution in [0.3, 0.4) is 0 Å². The quantitative estimate of drug-likeness (QED) is 0.502. The second-order valence-electron chi connectivity index (χ2n) is 11.8. The van der Waals surface area contributed by atoms with Crippen molar-refractivity contribution in [1.29, 1.82) is 0 Å². The topological polar surface area (TPSA) is 120 Å². The van der Waals surface area contributed by atoms with Gasteiger partial charge in [0.15, 0.2) is 0 Å². The first-order valence-electron chi connectivity index (χ1n) is 14.5. The van der Waals surface area contributed by atoms with E-state index in [0.717, 1.165) is 18.4 Å². The highest BCUT2D eigenvalue weighted by Gasteiger charge is 2.39. The van der Waals surface area contributed by atoms with E-state index >= 15 is 0 Å². The summed E-state index contributed by atoms with van der Waals surface area (Å²) in [7, 11) is -0.382. The molecule has 11 heteroatoms. The molecule has 1 spiro atoms. The summed E-state index contributed by atoms with van der Waals surface area (Å²) in [6.07, 6.45) is 5.04. The number of carbonyl (C=O) groups excluding carboxylic acids is 1. The molecule has 1 unspecified atom stereocenters. The Morgan fingerprint density at radius 2 is 1.88 bits per heavy atom. The zero-order valence-corrected chi connectivity index (χ0v) is 24.8. The maximum absolute atomic E-state index is 13.3. The third-order valence-corrected chi connectivity index (χ3v) is 10.2. The number of urea groups is 1. The molecule has 1 saturated heterocycles. The maximum atomic E-state index is 13.3. The maximum Gasteiger partial charge on any atom is 0.321 e. The van der Waals surface area contributed by atoms with E-state index in [1.807, 2.05) is 42.3 Å². The number of likely N-dealkylation sites (tertiary alicyclic amines) is 1. The van der Waals surface area contributed by atoms with Crippen LogP contribution in [0.25, 0.3) is 0 Å². The number of aliphatic hydroxyl groups excluding tert-OH is 1. The van der Waals surface area contributed by atoms with E-state index in [1.54, 1.807) is 24.1 Å². The number of hydrogen-bond donors (Lipinski definition) is 3. The van der Waals surface area contributed by atoms with Crippen LogP contribution >= 0.6 is 0 Å². The fraction of sp³-hybridized carbons (Fsp3) is 0.567. The molecule has 0 aromatic heterocycles. The third-order valence-electron chi connectivity index (χ3n) is 8.71. The highest BCUT2D eigenvalue weighted by Crippen LogP contribution is 2.39. The van der Waals surface area contributed by atoms with Crippen molar-refractivity contribution in [2.45, 2.75) is 55.4 Å². The lowest BCUT2D eigenvalue weighted by atomic mass is 9.78. The SMILES string of the molecule is COc1ccccc1NC(=O)N1CCC2(CC1)COc1cc(C3CCCC3)ccc1S(=O)(=O)NCC(O)CN(C)C2. The Hall–Kier alpha value is -2.86. The molecule has 0 radical (unpaired) electrons. The van der Waals surface area contributed by atoms with E-state index in [0.29, 0.717) is 68.7 Å². The molecule has 2 aliphatic heterocycles. The van der Waals surface area contributed by atoms with Gasteiger partial charge in [0, 0.05) is 38.1 Å². The lowest BCUT2D eigenvalue weighted by molar-refractivity contribution is 0.0255. The monoisotopic (exact) mass is 586 g/mol. The molecule has 2 amide bonds. The lowest BCUT2D eigenvalue weighted by Crippen LogP contribution is -2.52. The number of aliphatic hydroxyl groups is 1. The molecular formula is C30H42N4O6S. The van der Waals surface area contributed by atoms with Gasteiger partial charge in [-0.25, -0.2) is 17.9 Å². The number of fused-ring (bicyclic) bond motifs is 1. The standard InChI is InChI=1S/C30H42N4O6S/c1-33-19-24(35)18-31-41(37,38)28-12-11-23(22-7-3-4-8-22)17-27(28)40-21-30(20-33)13-15-34(16-14-30)29(36)32-25-9-5-6-10-26(25)39-2/h5-6,9-12,17,22,24,31,35H,3-4,7-8,13-16,18-21H2,1-2H3,(H,32,36). The van der Waals surface area contributed by atoms with Gasteiger partial charge in [0.05, 0.1) is 25.5 Å². The molecule has 1 atom stereocenters. The van der Waals surface area contributed by atoms with Gasteiger partial charge in [-0.05, 0) is 68.5 Å². The van der Waals surface area contributed by atoms with Gasteiger partial charge in [-0.3, -0.25) is 0 Å². The number of anilines is 1. The summed E-state index contributed by atoms with van der Waals surface area (Å²) in [6.45, 7) is 2.24. The Kier molecular flexibility index (Phi) is 9.08. The number of sulfonamides is 1. The number of amides is 2. The molecule has 5 rings (SSSR count). The fourth-order valence-electron chi connectivity index (χ4n) is 6.42. The number of methoxy groups -OCH3 is 1. The average Bonchev–Trinajstić information content (AvgIpc) is 3.50. The number of carbonyl (C=O) groups is 1. The first-order valence-corrected chi connectivity index (χ1v) is 16.0. The first kappa shape index (κ1) is 29.6. The van der Waals surface area contributed by atoms with Gasteiger partial charge in [0.25, 0.3) is 0 Å². The molecule has 3 N–H and O–H groups in total. The van der Waals surface area contributed by atoms with E-state index in [1.165, 1.54) is 12.8 Å². The molecule has 41 heavy (non-hydrogen) atoms. The van der Waals surface area contributed by atoms with Crippen molar-refractivity contribution in [2.75, 3.05) is 58.8 Å². The molecule has 2 fully saturated rings. The van der Waals surface area contributed by atoms with Crippen molar-refractivity contribution >= 4 is 21.7 Å². The van der Waals surface area contributed by atoms with Crippen LogP contribution in [0.2, 0.25) is 0 Å². The van der Waals surface area contributed by atoms with Gasteiger partial charge in [0.1, 0.15) is 16.4 Å². The minimum Gasteiger partial charge on any atom is -0.495 e. The predicted molar refractivity (Wildman–Crippen MR) is 157 cm³/mol. The summed E-state index contributed by atoms with van der Waals surface area (Å²) in [5.41, 5.74) is 1.40. The summed E-state index contributed by atoms with van der Waals surface area (Å²) in [5.74, 6) is 1.37. The van der Waals surface area contributed by atoms with Crippen molar-refractivity contribution in [3.8, 4) is 11.5 Å². The highest BCUT2D eigenvalue weighted by molar-refractivity contribution is 7.89. The van der Waals surface area contributed by atoms with Crippen molar-refractivity contribution in [3.63, 3.8) is 0 Å². The Labute approximate surface area is 243 Å². The zero-order valence-electron chi connectivity index (χ0n) is 24.0. The van der Waals surface area contributed by atoms with E-state index in [2.05, 4.69) is 10.0 Å². The average molecular weight is 587 g/mol. The molecule has 1 saturated carbocycles. The number of hydrogen-bond acceptors (Lipinski definition) is 7.